The van der Waals surface area contributed by atoms with E-state index in [9.17, 15) is 9.59 Å². The third-order valence-corrected chi connectivity index (χ3v) is 2.76. The van der Waals surface area contributed by atoms with Gasteiger partial charge in [-0.3, -0.25) is 9.59 Å². The Morgan fingerprint density at radius 1 is 1.40 bits per heavy atom. The second-order valence-corrected chi connectivity index (χ2v) is 4.90. The van der Waals surface area contributed by atoms with Gasteiger partial charge in [0, 0.05) is 23.8 Å². The molecule has 0 aliphatic rings. The van der Waals surface area contributed by atoms with Crippen molar-refractivity contribution < 1.29 is 9.59 Å². The van der Waals surface area contributed by atoms with Gasteiger partial charge in [-0.2, -0.15) is 0 Å². The molecular formula is C14H16BrN3O2. The summed E-state index contributed by atoms with van der Waals surface area (Å²) in [6, 6.07) is 3.45. The van der Waals surface area contributed by atoms with Crippen LogP contribution < -0.4 is 5.32 Å². The Hall–Kier alpha value is -1.95. The highest BCUT2D eigenvalue weighted by Gasteiger charge is 2.10. The number of anilines is 1. The van der Waals surface area contributed by atoms with Gasteiger partial charge in [-0.15, -0.1) is 0 Å². The SMILES string of the molecule is C/C=C/C=C/C(=O)N(C)CC(=O)Nc1ccc(Br)cn1. The van der Waals surface area contributed by atoms with Crippen LogP contribution in [0.25, 0.3) is 0 Å². The molecule has 5 nitrogen and oxygen atoms in total. The lowest BCUT2D eigenvalue weighted by Gasteiger charge is -2.14. The summed E-state index contributed by atoms with van der Waals surface area (Å²) in [6.07, 6.45) is 8.19. The summed E-state index contributed by atoms with van der Waals surface area (Å²) in [4.78, 5) is 28.8. The zero-order chi connectivity index (χ0) is 15.0. The van der Waals surface area contributed by atoms with E-state index in [1.54, 1.807) is 37.5 Å². The molecule has 0 aliphatic heterocycles. The Bertz CT molecular complexity index is 524. The van der Waals surface area contributed by atoms with Crippen LogP contribution in [0.5, 0.6) is 0 Å². The van der Waals surface area contributed by atoms with Gasteiger partial charge < -0.3 is 10.2 Å². The lowest BCUT2D eigenvalue weighted by atomic mass is 10.4. The van der Waals surface area contributed by atoms with Crippen molar-refractivity contribution in [3.05, 3.63) is 47.1 Å². The number of carbonyl (C=O) groups is 2. The lowest BCUT2D eigenvalue weighted by molar-refractivity contribution is -0.129. The number of rotatable bonds is 5. The van der Waals surface area contributed by atoms with Crippen LogP contribution in [-0.4, -0.2) is 35.3 Å². The van der Waals surface area contributed by atoms with Crippen LogP contribution in [0.3, 0.4) is 0 Å². The molecule has 0 saturated heterocycles. The van der Waals surface area contributed by atoms with E-state index in [4.69, 9.17) is 0 Å². The molecule has 2 amide bonds. The summed E-state index contributed by atoms with van der Waals surface area (Å²) in [6.45, 7) is 1.83. The monoisotopic (exact) mass is 337 g/mol. The van der Waals surface area contributed by atoms with Gasteiger partial charge in [-0.05, 0) is 35.0 Å². The molecule has 0 aromatic carbocycles. The summed E-state index contributed by atoms with van der Waals surface area (Å²) in [7, 11) is 1.57. The smallest absolute Gasteiger partial charge is 0.246 e. The molecule has 0 spiro atoms. The number of allylic oxidation sites excluding steroid dienone is 3. The van der Waals surface area contributed by atoms with Crippen LogP contribution in [0, 0.1) is 0 Å². The van der Waals surface area contributed by atoms with Gasteiger partial charge in [0.05, 0.1) is 6.54 Å². The van der Waals surface area contributed by atoms with Gasteiger partial charge >= 0.3 is 0 Å². The summed E-state index contributed by atoms with van der Waals surface area (Å²) in [5, 5.41) is 2.62. The maximum Gasteiger partial charge on any atom is 0.246 e. The summed E-state index contributed by atoms with van der Waals surface area (Å²) >= 11 is 3.26. The highest BCUT2D eigenvalue weighted by atomic mass is 79.9. The molecule has 0 saturated carbocycles. The molecule has 0 radical (unpaired) electrons. The first-order valence-electron chi connectivity index (χ1n) is 5.99. The lowest BCUT2D eigenvalue weighted by Crippen LogP contribution is -2.34. The molecule has 1 heterocycles. The molecule has 1 aromatic rings. The van der Waals surface area contributed by atoms with Gasteiger partial charge in [0.2, 0.25) is 11.8 Å². The normalized spacial score (nSPS) is 10.9. The maximum atomic E-state index is 11.7. The minimum atomic E-state index is -0.296. The van der Waals surface area contributed by atoms with Crippen LogP contribution >= 0.6 is 15.9 Å². The Morgan fingerprint density at radius 2 is 2.15 bits per heavy atom. The number of halogens is 1. The average molecular weight is 338 g/mol. The van der Waals surface area contributed by atoms with E-state index in [-0.39, 0.29) is 18.4 Å². The quantitative estimate of drug-likeness (QED) is 0.662. The first-order valence-corrected chi connectivity index (χ1v) is 6.78. The molecule has 0 fully saturated rings. The van der Waals surface area contributed by atoms with E-state index in [0.29, 0.717) is 5.82 Å². The van der Waals surface area contributed by atoms with Crippen LogP contribution in [-0.2, 0) is 9.59 Å². The van der Waals surface area contributed by atoms with Crippen LogP contribution in [0.2, 0.25) is 0 Å². The van der Waals surface area contributed by atoms with E-state index in [2.05, 4.69) is 26.2 Å². The number of nitrogens with zero attached hydrogens (tertiary/aromatic N) is 2. The summed E-state index contributed by atoms with van der Waals surface area (Å²) in [5.74, 6) is -0.0828. The van der Waals surface area contributed by atoms with Crippen molar-refractivity contribution in [2.24, 2.45) is 0 Å². The third kappa shape index (κ3) is 5.79. The predicted molar refractivity (Wildman–Crippen MR) is 82.2 cm³/mol. The fourth-order valence-corrected chi connectivity index (χ4v) is 1.54. The number of hydrogen-bond donors (Lipinski definition) is 1. The van der Waals surface area contributed by atoms with Gasteiger partial charge in [0.1, 0.15) is 5.82 Å². The Kier molecular flexibility index (Phi) is 6.66. The van der Waals surface area contributed by atoms with Gasteiger partial charge in [0.15, 0.2) is 0 Å². The van der Waals surface area contributed by atoms with E-state index < -0.39 is 0 Å². The molecule has 1 rings (SSSR count). The van der Waals surface area contributed by atoms with Gasteiger partial charge in [-0.25, -0.2) is 4.98 Å². The highest BCUT2D eigenvalue weighted by Crippen LogP contribution is 2.10. The number of amides is 2. The molecule has 6 heteroatoms. The highest BCUT2D eigenvalue weighted by molar-refractivity contribution is 9.10. The molecule has 0 aliphatic carbocycles. The molecule has 1 aromatic heterocycles. The Balaban J connectivity index is 2.49. The van der Waals surface area contributed by atoms with E-state index >= 15 is 0 Å². The second-order valence-electron chi connectivity index (χ2n) is 3.99. The molecule has 20 heavy (non-hydrogen) atoms. The summed E-state index contributed by atoms with van der Waals surface area (Å²) < 4.78 is 0.830. The van der Waals surface area contributed by atoms with Crippen molar-refractivity contribution >= 4 is 33.6 Å². The topological polar surface area (TPSA) is 62.3 Å². The van der Waals surface area contributed by atoms with Crippen LogP contribution in [0.4, 0.5) is 5.82 Å². The van der Waals surface area contributed by atoms with Crippen molar-refractivity contribution in [2.45, 2.75) is 6.92 Å². The van der Waals surface area contributed by atoms with Gasteiger partial charge in [0.25, 0.3) is 0 Å². The van der Waals surface area contributed by atoms with Crippen molar-refractivity contribution in [3.8, 4) is 0 Å². The van der Waals surface area contributed by atoms with Crippen molar-refractivity contribution in [1.29, 1.82) is 0 Å². The van der Waals surface area contributed by atoms with E-state index in [0.717, 1.165) is 4.47 Å². The van der Waals surface area contributed by atoms with Crippen molar-refractivity contribution in [1.82, 2.24) is 9.88 Å². The zero-order valence-electron chi connectivity index (χ0n) is 11.3. The third-order valence-electron chi connectivity index (χ3n) is 2.29. The number of nitrogens with one attached hydrogen (secondary N) is 1. The van der Waals surface area contributed by atoms with E-state index in [1.165, 1.54) is 11.0 Å². The minimum absolute atomic E-state index is 0.0310. The Morgan fingerprint density at radius 3 is 2.75 bits per heavy atom. The van der Waals surface area contributed by atoms with E-state index in [1.807, 2.05) is 13.0 Å². The van der Waals surface area contributed by atoms with Gasteiger partial charge in [-0.1, -0.05) is 18.2 Å². The van der Waals surface area contributed by atoms with Crippen LogP contribution in [0.1, 0.15) is 6.92 Å². The number of hydrogen-bond acceptors (Lipinski definition) is 3. The first-order chi connectivity index (χ1) is 9.52. The first kappa shape index (κ1) is 16.1. The molecule has 0 atom stereocenters. The largest absolute Gasteiger partial charge is 0.333 e. The van der Waals surface area contributed by atoms with Crippen LogP contribution in [0.15, 0.2) is 47.1 Å². The standard InChI is InChI=1S/C14H16BrN3O2/c1-3-4-5-6-14(20)18(2)10-13(19)17-12-8-7-11(15)9-16-12/h3-9H,10H2,1-2H3,(H,16,17,19)/b4-3+,6-5+. The van der Waals surface area contributed by atoms with Crippen molar-refractivity contribution in [2.75, 3.05) is 18.9 Å². The molecule has 0 bridgehead atoms. The molecular weight excluding hydrogens is 322 g/mol. The molecule has 0 unspecified atom stereocenters. The maximum absolute atomic E-state index is 11.7. The fraction of sp³-hybridized carbons (Fsp3) is 0.214. The number of aromatic nitrogens is 1. The van der Waals surface area contributed by atoms with Crippen molar-refractivity contribution in [3.63, 3.8) is 0 Å². The Labute approximate surface area is 126 Å². The number of likely N-dealkylation sites (N-methyl/N-ethyl adjacent to an activating group) is 1. The number of pyridine rings is 1. The second kappa shape index (κ2) is 8.27. The zero-order valence-corrected chi connectivity index (χ0v) is 12.9. The molecule has 106 valence electrons. The predicted octanol–water partition coefficient (Wildman–Crippen LogP) is 2.37. The summed E-state index contributed by atoms with van der Waals surface area (Å²) in [5.41, 5.74) is 0. The number of carbonyl (C=O) groups excluding carboxylic acids is 2. The minimum Gasteiger partial charge on any atom is -0.333 e. The average Bonchev–Trinajstić information content (AvgIpc) is 2.41. The fourth-order valence-electron chi connectivity index (χ4n) is 1.30. The molecule has 1 N–H and O–H groups in total.